The highest BCUT2D eigenvalue weighted by Gasteiger charge is 2.24. The molecule has 0 bridgehead atoms. The van der Waals surface area contributed by atoms with Gasteiger partial charge in [0.05, 0.1) is 5.02 Å². The van der Waals surface area contributed by atoms with E-state index in [0.29, 0.717) is 35.3 Å². The Kier molecular flexibility index (Phi) is 3.06. The monoisotopic (exact) mass is 240 g/mol. The molecule has 0 aliphatic carbocycles. The van der Waals surface area contributed by atoms with E-state index in [-0.39, 0.29) is 5.92 Å². The second kappa shape index (κ2) is 4.34. The number of fused-ring (bicyclic) bond motifs is 1. The van der Waals surface area contributed by atoms with Crippen LogP contribution in [0.1, 0.15) is 35.7 Å². The first-order valence-corrected chi connectivity index (χ1v) is 5.60. The fraction of sp³-hybridized carbons (Fsp3) is 0.417. The van der Waals surface area contributed by atoms with Gasteiger partial charge in [-0.25, -0.2) is 0 Å². The normalized spacial score (nSPS) is 14.0. The summed E-state index contributed by atoms with van der Waals surface area (Å²) in [4.78, 5) is 11.0. The molecule has 1 aromatic carbocycles. The van der Waals surface area contributed by atoms with Crippen LogP contribution in [0, 0.1) is 0 Å². The van der Waals surface area contributed by atoms with Crippen molar-refractivity contribution in [2.24, 2.45) is 0 Å². The van der Waals surface area contributed by atoms with Gasteiger partial charge in [0.15, 0.2) is 17.8 Å². The average molecular weight is 241 g/mol. The molecule has 0 N–H and O–H groups in total. The van der Waals surface area contributed by atoms with Crippen LogP contribution < -0.4 is 9.47 Å². The van der Waals surface area contributed by atoms with Crippen LogP contribution in [0.3, 0.4) is 0 Å². The molecule has 0 atom stereocenters. The smallest absolute Gasteiger partial charge is 0.180 e. The molecule has 1 aliphatic rings. The van der Waals surface area contributed by atoms with E-state index in [1.54, 1.807) is 6.07 Å². The first kappa shape index (κ1) is 11.3. The predicted octanol–water partition coefficient (Wildman–Crippen LogP) is 3.05. The molecule has 1 heterocycles. The van der Waals surface area contributed by atoms with E-state index >= 15 is 0 Å². The van der Waals surface area contributed by atoms with Crippen LogP contribution in [0.25, 0.3) is 0 Å². The molecule has 0 amide bonds. The van der Waals surface area contributed by atoms with Crippen molar-refractivity contribution in [3.8, 4) is 11.5 Å². The Hall–Kier alpha value is -1.22. The lowest BCUT2D eigenvalue weighted by Crippen LogP contribution is -2.18. The zero-order valence-electron chi connectivity index (χ0n) is 9.25. The highest BCUT2D eigenvalue weighted by atomic mass is 35.5. The summed E-state index contributed by atoms with van der Waals surface area (Å²) in [6.07, 6.45) is 0.805. The molecule has 3 nitrogen and oxygen atoms in total. The Morgan fingerprint density at radius 1 is 1.31 bits per heavy atom. The summed E-state index contributed by atoms with van der Waals surface area (Å²) in [7, 11) is 0. The summed E-state index contributed by atoms with van der Waals surface area (Å²) in [6, 6.07) is 1.64. The highest BCUT2D eigenvalue weighted by Crippen LogP contribution is 2.44. The molecule has 86 valence electrons. The molecule has 0 aromatic heterocycles. The Balaban J connectivity index is 2.68. The third-order valence-electron chi connectivity index (χ3n) is 2.54. The number of halogens is 1. The molecule has 4 heteroatoms. The minimum atomic E-state index is 0.188. The van der Waals surface area contributed by atoms with Crippen LogP contribution in [0.2, 0.25) is 5.02 Å². The maximum Gasteiger partial charge on any atom is 0.180 e. The topological polar surface area (TPSA) is 35.5 Å². The second-order valence-electron chi connectivity index (χ2n) is 3.99. The number of aldehydes is 1. The lowest BCUT2D eigenvalue weighted by molar-refractivity contribution is 0.112. The molecule has 0 radical (unpaired) electrons. The number of carbonyl (C=O) groups excluding carboxylic acids is 1. The second-order valence-corrected chi connectivity index (χ2v) is 4.40. The van der Waals surface area contributed by atoms with Crippen LogP contribution >= 0.6 is 11.6 Å². The van der Waals surface area contributed by atoms with Crippen LogP contribution in [-0.4, -0.2) is 19.5 Å². The van der Waals surface area contributed by atoms with Crippen LogP contribution in [0.4, 0.5) is 0 Å². The molecular weight excluding hydrogens is 228 g/mol. The van der Waals surface area contributed by atoms with Crippen molar-refractivity contribution >= 4 is 17.9 Å². The fourth-order valence-corrected chi connectivity index (χ4v) is 2.16. The molecule has 1 aliphatic heterocycles. The lowest BCUT2D eigenvalue weighted by atomic mass is 9.96. The van der Waals surface area contributed by atoms with Gasteiger partial charge < -0.3 is 9.47 Å². The van der Waals surface area contributed by atoms with Gasteiger partial charge in [0.1, 0.15) is 13.2 Å². The van der Waals surface area contributed by atoms with Crippen LogP contribution in [0.5, 0.6) is 11.5 Å². The van der Waals surface area contributed by atoms with Crippen molar-refractivity contribution in [2.75, 3.05) is 13.2 Å². The van der Waals surface area contributed by atoms with E-state index in [9.17, 15) is 4.79 Å². The van der Waals surface area contributed by atoms with Crippen molar-refractivity contribution in [3.05, 3.63) is 22.2 Å². The number of rotatable bonds is 2. The van der Waals surface area contributed by atoms with Gasteiger partial charge in [-0.1, -0.05) is 25.4 Å². The molecule has 1 aromatic rings. The maximum absolute atomic E-state index is 11.0. The van der Waals surface area contributed by atoms with Gasteiger partial charge >= 0.3 is 0 Å². The average Bonchev–Trinajstić information content (AvgIpc) is 2.28. The lowest BCUT2D eigenvalue weighted by Gasteiger charge is -2.24. The van der Waals surface area contributed by atoms with Crippen molar-refractivity contribution < 1.29 is 14.3 Å². The molecular formula is C12H13ClO3. The van der Waals surface area contributed by atoms with Crippen molar-refractivity contribution in [2.45, 2.75) is 19.8 Å². The molecule has 16 heavy (non-hydrogen) atoms. The molecule has 0 spiro atoms. The van der Waals surface area contributed by atoms with Crippen molar-refractivity contribution in [1.29, 1.82) is 0 Å². The van der Waals surface area contributed by atoms with Crippen molar-refractivity contribution in [3.63, 3.8) is 0 Å². The highest BCUT2D eigenvalue weighted by molar-refractivity contribution is 6.32. The van der Waals surface area contributed by atoms with Gasteiger partial charge in [0.2, 0.25) is 0 Å². The van der Waals surface area contributed by atoms with E-state index in [1.165, 1.54) is 0 Å². The third-order valence-corrected chi connectivity index (χ3v) is 2.82. The summed E-state index contributed by atoms with van der Waals surface area (Å²) in [6.45, 7) is 5.00. The summed E-state index contributed by atoms with van der Waals surface area (Å²) in [5.74, 6) is 1.37. The fourth-order valence-electron chi connectivity index (χ4n) is 1.90. The Morgan fingerprint density at radius 2 is 1.94 bits per heavy atom. The Bertz CT molecular complexity index is 427. The molecule has 2 rings (SSSR count). The first-order chi connectivity index (χ1) is 7.65. The van der Waals surface area contributed by atoms with Crippen LogP contribution in [-0.2, 0) is 0 Å². The number of hydrogen-bond acceptors (Lipinski definition) is 3. The maximum atomic E-state index is 11.0. The van der Waals surface area contributed by atoms with Gasteiger partial charge in [-0.05, 0) is 12.0 Å². The van der Waals surface area contributed by atoms with Gasteiger partial charge in [-0.2, -0.15) is 0 Å². The third kappa shape index (κ3) is 1.76. The molecule has 0 fully saturated rings. The Labute approximate surface area is 99.3 Å². The summed E-state index contributed by atoms with van der Waals surface area (Å²) in [5, 5.41) is 0.432. The molecule has 0 saturated carbocycles. The van der Waals surface area contributed by atoms with Gasteiger partial charge in [0.25, 0.3) is 0 Å². The number of benzene rings is 1. The SMILES string of the molecule is CC(C)c1c(C=O)cc(Cl)c2c1OCCO2. The van der Waals surface area contributed by atoms with E-state index in [2.05, 4.69) is 0 Å². The summed E-state index contributed by atoms with van der Waals surface area (Å²) in [5.41, 5.74) is 1.44. The van der Waals surface area contributed by atoms with Gasteiger partial charge in [0, 0.05) is 11.1 Å². The van der Waals surface area contributed by atoms with Crippen LogP contribution in [0.15, 0.2) is 6.07 Å². The number of hydrogen-bond donors (Lipinski definition) is 0. The largest absolute Gasteiger partial charge is 0.486 e. The van der Waals surface area contributed by atoms with E-state index in [1.807, 2.05) is 13.8 Å². The molecule has 0 unspecified atom stereocenters. The molecule has 0 saturated heterocycles. The van der Waals surface area contributed by atoms with E-state index in [4.69, 9.17) is 21.1 Å². The Morgan fingerprint density at radius 3 is 2.50 bits per heavy atom. The minimum absolute atomic E-state index is 0.188. The summed E-state index contributed by atoms with van der Waals surface area (Å²) >= 11 is 6.04. The quantitative estimate of drug-likeness (QED) is 0.746. The zero-order valence-corrected chi connectivity index (χ0v) is 10.0. The van der Waals surface area contributed by atoms with Crippen molar-refractivity contribution in [1.82, 2.24) is 0 Å². The zero-order chi connectivity index (χ0) is 11.7. The predicted molar refractivity (Wildman–Crippen MR) is 61.9 cm³/mol. The standard InChI is InChI=1S/C12H13ClO3/c1-7(2)10-8(6-14)5-9(13)11-12(10)16-4-3-15-11/h5-7H,3-4H2,1-2H3. The number of ether oxygens (including phenoxy) is 2. The number of carbonyl (C=O) groups is 1. The van der Waals surface area contributed by atoms with E-state index < -0.39 is 0 Å². The van der Waals surface area contributed by atoms with Gasteiger partial charge in [-0.15, -0.1) is 0 Å². The van der Waals surface area contributed by atoms with E-state index in [0.717, 1.165) is 11.8 Å². The van der Waals surface area contributed by atoms with Gasteiger partial charge in [-0.3, -0.25) is 4.79 Å². The minimum Gasteiger partial charge on any atom is -0.486 e. The summed E-state index contributed by atoms with van der Waals surface area (Å²) < 4.78 is 11.0. The first-order valence-electron chi connectivity index (χ1n) is 5.22.